The van der Waals surface area contributed by atoms with E-state index < -0.39 is 4.92 Å². The summed E-state index contributed by atoms with van der Waals surface area (Å²) in [6, 6.07) is 11.9. The second kappa shape index (κ2) is 8.44. The van der Waals surface area contributed by atoms with Gasteiger partial charge in [0.25, 0.3) is 11.2 Å². The highest BCUT2D eigenvalue weighted by Crippen LogP contribution is 2.29. The number of nitrogens with zero attached hydrogens (tertiary/aromatic N) is 4. The third-order valence-electron chi connectivity index (χ3n) is 4.76. The summed E-state index contributed by atoms with van der Waals surface area (Å²) in [6.45, 7) is 1.86. The summed E-state index contributed by atoms with van der Waals surface area (Å²) in [5.74, 6) is -0.296. The van der Waals surface area contributed by atoms with Crippen molar-refractivity contribution < 1.29 is 9.72 Å². The maximum Gasteiger partial charge on any atom is 0.272 e. The molecule has 0 aliphatic heterocycles. The molecule has 9 nitrogen and oxygen atoms in total. The molecule has 1 amide bonds. The average molecular weight is 435 g/mol. The van der Waals surface area contributed by atoms with Crippen LogP contribution in [0.15, 0.2) is 59.0 Å². The number of rotatable bonds is 6. The molecule has 0 spiro atoms. The highest BCUT2D eigenvalue weighted by molar-refractivity contribution is 7.14. The van der Waals surface area contributed by atoms with Crippen LogP contribution >= 0.6 is 11.3 Å². The molecular formula is C21H17N5O4S. The van der Waals surface area contributed by atoms with Crippen LogP contribution in [0.1, 0.15) is 12.0 Å². The van der Waals surface area contributed by atoms with Crippen LogP contribution in [-0.2, 0) is 11.3 Å². The van der Waals surface area contributed by atoms with Gasteiger partial charge in [0.2, 0.25) is 5.91 Å². The Kier molecular flexibility index (Phi) is 5.54. The first-order valence-electron chi connectivity index (χ1n) is 9.37. The molecule has 156 valence electrons. The summed E-state index contributed by atoms with van der Waals surface area (Å²) in [4.78, 5) is 44.1. The van der Waals surface area contributed by atoms with E-state index in [9.17, 15) is 19.7 Å². The Morgan fingerprint density at radius 1 is 1.26 bits per heavy atom. The number of carbonyl (C=O) groups is 1. The largest absolute Gasteiger partial charge is 0.302 e. The topological polar surface area (TPSA) is 120 Å². The number of hydrogen-bond donors (Lipinski definition) is 1. The van der Waals surface area contributed by atoms with E-state index in [0.717, 1.165) is 0 Å². The van der Waals surface area contributed by atoms with Gasteiger partial charge in [-0.1, -0.05) is 24.3 Å². The van der Waals surface area contributed by atoms with E-state index in [1.54, 1.807) is 42.6 Å². The molecule has 0 atom stereocenters. The fraction of sp³-hybridized carbons (Fsp3) is 0.143. The van der Waals surface area contributed by atoms with Crippen LogP contribution in [0.4, 0.5) is 10.8 Å². The van der Waals surface area contributed by atoms with Gasteiger partial charge in [0.1, 0.15) is 0 Å². The van der Waals surface area contributed by atoms with Gasteiger partial charge in [-0.2, -0.15) is 0 Å². The quantitative estimate of drug-likeness (QED) is 0.364. The second-order valence-corrected chi connectivity index (χ2v) is 7.71. The van der Waals surface area contributed by atoms with Crippen molar-refractivity contribution in [3.05, 3.63) is 80.2 Å². The maximum atomic E-state index is 12.5. The molecule has 4 aromatic rings. The lowest BCUT2D eigenvalue weighted by molar-refractivity contribution is -0.385. The van der Waals surface area contributed by atoms with Gasteiger partial charge in [-0.15, -0.1) is 11.3 Å². The number of nitro groups is 1. The molecule has 0 saturated heterocycles. The van der Waals surface area contributed by atoms with Gasteiger partial charge >= 0.3 is 0 Å². The second-order valence-electron chi connectivity index (χ2n) is 6.85. The van der Waals surface area contributed by atoms with E-state index in [4.69, 9.17) is 0 Å². The molecule has 4 rings (SSSR count). The van der Waals surface area contributed by atoms with Crippen molar-refractivity contribution in [2.24, 2.45) is 0 Å². The van der Waals surface area contributed by atoms with Gasteiger partial charge in [-0.3, -0.25) is 24.3 Å². The van der Waals surface area contributed by atoms with Gasteiger partial charge in [-0.25, -0.2) is 9.97 Å². The van der Waals surface area contributed by atoms with Crippen molar-refractivity contribution in [3.63, 3.8) is 0 Å². The molecule has 1 N–H and O–H groups in total. The third-order valence-corrected chi connectivity index (χ3v) is 5.52. The Morgan fingerprint density at radius 3 is 2.87 bits per heavy atom. The van der Waals surface area contributed by atoms with Gasteiger partial charge in [0.05, 0.1) is 27.8 Å². The van der Waals surface area contributed by atoms with Crippen LogP contribution in [0.25, 0.3) is 22.2 Å². The summed E-state index contributed by atoms with van der Waals surface area (Å²) in [5.41, 5.74) is 2.14. The van der Waals surface area contributed by atoms with E-state index in [1.165, 1.54) is 28.3 Å². The number of nitrogens with one attached hydrogen (secondary N) is 1. The van der Waals surface area contributed by atoms with Crippen molar-refractivity contribution in [1.82, 2.24) is 14.5 Å². The monoisotopic (exact) mass is 435 g/mol. The lowest BCUT2D eigenvalue weighted by Gasteiger charge is -2.06. The fourth-order valence-electron chi connectivity index (χ4n) is 3.10. The summed E-state index contributed by atoms with van der Waals surface area (Å²) in [6.07, 6.45) is 1.51. The van der Waals surface area contributed by atoms with Crippen LogP contribution in [0.3, 0.4) is 0 Å². The minimum absolute atomic E-state index is 0.0190. The smallest absolute Gasteiger partial charge is 0.272 e. The maximum absolute atomic E-state index is 12.5. The number of aromatic nitrogens is 3. The molecular weight excluding hydrogens is 418 g/mol. The SMILES string of the molecule is Cc1ccc(-c2csc(NC(=O)CCn3cnc4ccccc4c3=O)n2)cc1[N+](=O)[O-]. The number of anilines is 1. The number of thiazole rings is 1. The predicted molar refractivity (Wildman–Crippen MR) is 118 cm³/mol. The molecule has 31 heavy (non-hydrogen) atoms. The van der Waals surface area contributed by atoms with Gasteiger partial charge in [0, 0.05) is 35.5 Å². The minimum atomic E-state index is -0.433. The number of carbonyl (C=O) groups excluding carboxylic acids is 1. The zero-order chi connectivity index (χ0) is 22.0. The van der Waals surface area contributed by atoms with E-state index in [-0.39, 0.29) is 30.1 Å². The average Bonchev–Trinajstić information content (AvgIpc) is 3.22. The van der Waals surface area contributed by atoms with Gasteiger partial charge in [-0.05, 0) is 19.1 Å². The molecule has 0 aliphatic carbocycles. The molecule has 10 heteroatoms. The summed E-state index contributed by atoms with van der Waals surface area (Å²) in [7, 11) is 0. The van der Waals surface area contributed by atoms with E-state index in [1.807, 2.05) is 6.07 Å². The minimum Gasteiger partial charge on any atom is -0.302 e. The normalized spacial score (nSPS) is 10.9. The number of aryl methyl sites for hydroxylation is 2. The summed E-state index contributed by atoms with van der Waals surface area (Å²) < 4.78 is 1.40. The highest BCUT2D eigenvalue weighted by Gasteiger charge is 2.14. The third kappa shape index (κ3) is 4.33. The highest BCUT2D eigenvalue weighted by atomic mass is 32.1. The first-order chi connectivity index (χ1) is 14.9. The standard InChI is InChI=1S/C21H17N5O4S/c1-13-6-7-14(10-18(13)26(29)30)17-11-31-21(23-17)24-19(27)8-9-25-12-22-16-5-3-2-4-15(16)20(25)28/h2-7,10-12H,8-9H2,1H3,(H,23,24,27). The molecule has 0 radical (unpaired) electrons. The van der Waals surface area contributed by atoms with Crippen LogP contribution in [0.5, 0.6) is 0 Å². The van der Waals surface area contributed by atoms with Crippen LogP contribution < -0.4 is 10.9 Å². The molecule has 0 saturated carbocycles. The van der Waals surface area contributed by atoms with Crippen molar-refractivity contribution in [3.8, 4) is 11.3 Å². The van der Waals surface area contributed by atoms with Crippen molar-refractivity contribution in [2.75, 3.05) is 5.32 Å². The number of benzene rings is 2. The van der Waals surface area contributed by atoms with Crippen molar-refractivity contribution in [2.45, 2.75) is 19.9 Å². The molecule has 2 aromatic carbocycles. The van der Waals surface area contributed by atoms with Crippen LogP contribution in [0.2, 0.25) is 0 Å². The number of nitro benzene ring substituents is 1. The Hall–Kier alpha value is -3.92. The molecule has 0 unspecified atom stereocenters. The Balaban J connectivity index is 1.43. The summed E-state index contributed by atoms with van der Waals surface area (Å²) in [5, 5.41) is 16.5. The molecule has 0 bridgehead atoms. The zero-order valence-corrected chi connectivity index (χ0v) is 17.3. The van der Waals surface area contributed by atoms with Gasteiger partial charge < -0.3 is 5.32 Å². The number of fused-ring (bicyclic) bond motifs is 1. The first-order valence-corrected chi connectivity index (χ1v) is 10.3. The predicted octanol–water partition coefficient (Wildman–Crippen LogP) is 3.77. The first kappa shape index (κ1) is 20.4. The Labute approximate surface area is 180 Å². The van der Waals surface area contributed by atoms with Crippen molar-refractivity contribution >= 4 is 39.0 Å². The fourth-order valence-corrected chi connectivity index (χ4v) is 3.83. The molecule has 2 heterocycles. The zero-order valence-electron chi connectivity index (χ0n) is 16.4. The van der Waals surface area contributed by atoms with E-state index >= 15 is 0 Å². The Bertz CT molecular complexity index is 1360. The molecule has 2 aromatic heterocycles. The van der Waals surface area contributed by atoms with Crippen LogP contribution in [-0.4, -0.2) is 25.4 Å². The lowest BCUT2D eigenvalue weighted by Crippen LogP contribution is -2.23. The number of para-hydroxylation sites is 1. The van der Waals surface area contributed by atoms with Crippen LogP contribution in [0, 0.1) is 17.0 Å². The molecule has 0 aliphatic rings. The van der Waals surface area contributed by atoms with Crippen molar-refractivity contribution in [1.29, 1.82) is 0 Å². The Morgan fingerprint density at radius 2 is 2.06 bits per heavy atom. The summed E-state index contributed by atoms with van der Waals surface area (Å²) >= 11 is 1.22. The van der Waals surface area contributed by atoms with E-state index in [2.05, 4.69) is 15.3 Å². The number of hydrogen-bond acceptors (Lipinski definition) is 7. The molecule has 0 fully saturated rings. The van der Waals surface area contributed by atoms with Gasteiger partial charge in [0.15, 0.2) is 5.13 Å². The number of amides is 1. The lowest BCUT2D eigenvalue weighted by atomic mass is 10.1. The van der Waals surface area contributed by atoms with E-state index in [0.29, 0.717) is 32.9 Å².